The fraction of sp³-hybridized carbons (Fsp3) is 0.333. The van der Waals surface area contributed by atoms with Crippen LogP contribution in [0.25, 0.3) is 0 Å². The highest BCUT2D eigenvalue weighted by atomic mass is 19.4. The molecule has 102 valence electrons. The number of benzene rings is 1. The van der Waals surface area contributed by atoms with Gasteiger partial charge in [-0.25, -0.2) is 0 Å². The van der Waals surface area contributed by atoms with E-state index in [2.05, 4.69) is 5.32 Å². The van der Waals surface area contributed by atoms with Crippen LogP contribution < -0.4 is 11.1 Å². The summed E-state index contributed by atoms with van der Waals surface area (Å²) in [5.74, 6) is -2.82. The number of alkyl halides is 3. The van der Waals surface area contributed by atoms with Crippen LogP contribution in [0.1, 0.15) is 17.0 Å². The Morgan fingerprint density at radius 2 is 1.84 bits per heavy atom. The Hall–Kier alpha value is -2.05. The lowest BCUT2D eigenvalue weighted by molar-refractivity contribution is -0.137. The SMILES string of the molecule is NC(=O)C1C(=O)NCC1c1ccc(C(F)(F)F)cc1. The van der Waals surface area contributed by atoms with Gasteiger partial charge in [-0.3, -0.25) is 9.59 Å². The van der Waals surface area contributed by atoms with Crippen LogP contribution in [0.4, 0.5) is 13.2 Å². The lowest BCUT2D eigenvalue weighted by Crippen LogP contribution is -2.32. The highest BCUT2D eigenvalue weighted by Crippen LogP contribution is 2.33. The summed E-state index contributed by atoms with van der Waals surface area (Å²) in [6, 6.07) is 4.39. The molecule has 1 aliphatic rings. The monoisotopic (exact) mass is 272 g/mol. The van der Waals surface area contributed by atoms with Crippen LogP contribution in [0, 0.1) is 5.92 Å². The third-order valence-electron chi connectivity index (χ3n) is 3.15. The summed E-state index contributed by atoms with van der Waals surface area (Å²) >= 11 is 0. The molecular weight excluding hydrogens is 261 g/mol. The molecule has 0 aromatic heterocycles. The number of nitrogens with one attached hydrogen (secondary N) is 1. The Kier molecular flexibility index (Phi) is 3.21. The molecule has 1 heterocycles. The van der Waals surface area contributed by atoms with E-state index in [4.69, 9.17) is 5.73 Å². The minimum Gasteiger partial charge on any atom is -0.369 e. The third-order valence-corrected chi connectivity index (χ3v) is 3.15. The third kappa shape index (κ3) is 2.54. The van der Waals surface area contributed by atoms with Crippen LogP contribution in [-0.4, -0.2) is 18.4 Å². The van der Waals surface area contributed by atoms with E-state index in [1.807, 2.05) is 0 Å². The molecule has 3 N–H and O–H groups in total. The number of nitrogens with two attached hydrogens (primary N) is 1. The van der Waals surface area contributed by atoms with Gasteiger partial charge in [-0.05, 0) is 17.7 Å². The van der Waals surface area contributed by atoms with Gasteiger partial charge in [0.2, 0.25) is 11.8 Å². The van der Waals surface area contributed by atoms with Gasteiger partial charge >= 0.3 is 6.18 Å². The van der Waals surface area contributed by atoms with Gasteiger partial charge in [0.25, 0.3) is 0 Å². The highest BCUT2D eigenvalue weighted by Gasteiger charge is 2.40. The molecule has 1 aliphatic heterocycles. The van der Waals surface area contributed by atoms with E-state index in [0.717, 1.165) is 12.1 Å². The molecule has 2 unspecified atom stereocenters. The number of halogens is 3. The zero-order valence-corrected chi connectivity index (χ0v) is 9.70. The first-order chi connectivity index (χ1) is 8.80. The maximum atomic E-state index is 12.4. The molecule has 1 fully saturated rings. The predicted molar refractivity (Wildman–Crippen MR) is 59.9 cm³/mol. The number of carbonyl (C=O) groups excluding carboxylic acids is 2. The van der Waals surface area contributed by atoms with Crippen molar-refractivity contribution in [1.29, 1.82) is 0 Å². The van der Waals surface area contributed by atoms with Crippen LogP contribution in [0.3, 0.4) is 0 Å². The Balaban J connectivity index is 2.28. The molecule has 19 heavy (non-hydrogen) atoms. The normalized spacial score (nSPS) is 23.2. The molecule has 2 amide bonds. The van der Waals surface area contributed by atoms with Crippen LogP contribution in [0.2, 0.25) is 0 Å². The van der Waals surface area contributed by atoms with Gasteiger partial charge in [-0.2, -0.15) is 13.2 Å². The van der Waals surface area contributed by atoms with Crippen molar-refractivity contribution in [2.45, 2.75) is 12.1 Å². The van der Waals surface area contributed by atoms with Gasteiger partial charge in [0.05, 0.1) is 5.56 Å². The maximum absolute atomic E-state index is 12.4. The first-order valence-electron chi connectivity index (χ1n) is 5.55. The quantitative estimate of drug-likeness (QED) is 0.789. The maximum Gasteiger partial charge on any atom is 0.416 e. The fourth-order valence-electron chi connectivity index (χ4n) is 2.18. The van der Waals surface area contributed by atoms with Crippen molar-refractivity contribution in [3.05, 3.63) is 35.4 Å². The van der Waals surface area contributed by atoms with E-state index in [9.17, 15) is 22.8 Å². The number of amides is 2. The second-order valence-corrected chi connectivity index (χ2v) is 4.35. The number of carbonyl (C=O) groups is 2. The molecule has 2 atom stereocenters. The summed E-state index contributed by atoms with van der Waals surface area (Å²) in [6.07, 6.45) is -4.41. The van der Waals surface area contributed by atoms with E-state index in [-0.39, 0.29) is 6.54 Å². The van der Waals surface area contributed by atoms with Crippen LogP contribution >= 0.6 is 0 Å². The molecule has 0 saturated carbocycles. The summed E-state index contributed by atoms with van der Waals surface area (Å²) in [5, 5.41) is 2.48. The van der Waals surface area contributed by atoms with E-state index >= 15 is 0 Å². The predicted octanol–water partition coefficient (Wildman–Crippen LogP) is 1.02. The van der Waals surface area contributed by atoms with Crippen LogP contribution in [-0.2, 0) is 15.8 Å². The van der Waals surface area contributed by atoms with E-state index in [1.165, 1.54) is 12.1 Å². The second-order valence-electron chi connectivity index (χ2n) is 4.35. The smallest absolute Gasteiger partial charge is 0.369 e. The molecule has 7 heteroatoms. The summed E-state index contributed by atoms with van der Waals surface area (Å²) in [5.41, 5.74) is 4.84. The van der Waals surface area contributed by atoms with Crippen molar-refractivity contribution < 1.29 is 22.8 Å². The molecule has 4 nitrogen and oxygen atoms in total. The second kappa shape index (κ2) is 4.56. The van der Waals surface area contributed by atoms with Gasteiger partial charge in [0, 0.05) is 12.5 Å². The van der Waals surface area contributed by atoms with Gasteiger partial charge in [0.15, 0.2) is 0 Å². The van der Waals surface area contributed by atoms with Gasteiger partial charge in [-0.1, -0.05) is 12.1 Å². The number of hydrogen-bond donors (Lipinski definition) is 2. The number of hydrogen-bond acceptors (Lipinski definition) is 2. The molecule has 0 aliphatic carbocycles. The average molecular weight is 272 g/mol. The van der Waals surface area contributed by atoms with Crippen molar-refractivity contribution in [3.63, 3.8) is 0 Å². The van der Waals surface area contributed by atoms with Crippen molar-refractivity contribution in [3.8, 4) is 0 Å². The molecule has 0 spiro atoms. The summed E-state index contributed by atoms with van der Waals surface area (Å²) in [4.78, 5) is 22.6. The Morgan fingerprint density at radius 3 is 2.32 bits per heavy atom. The van der Waals surface area contributed by atoms with Crippen molar-refractivity contribution >= 4 is 11.8 Å². The molecule has 0 radical (unpaired) electrons. The van der Waals surface area contributed by atoms with E-state index < -0.39 is 35.4 Å². The van der Waals surface area contributed by atoms with Crippen LogP contribution in [0.15, 0.2) is 24.3 Å². The molecule has 1 saturated heterocycles. The van der Waals surface area contributed by atoms with Gasteiger partial charge in [0.1, 0.15) is 5.92 Å². The molecular formula is C12H11F3N2O2. The van der Waals surface area contributed by atoms with Gasteiger partial charge in [-0.15, -0.1) is 0 Å². The fourth-order valence-corrected chi connectivity index (χ4v) is 2.18. The molecule has 1 aromatic carbocycles. The Bertz CT molecular complexity index is 511. The first-order valence-corrected chi connectivity index (χ1v) is 5.55. The zero-order chi connectivity index (χ0) is 14.2. The largest absolute Gasteiger partial charge is 0.416 e. The Labute approximate surface area is 106 Å². The highest BCUT2D eigenvalue weighted by molar-refractivity contribution is 6.02. The summed E-state index contributed by atoms with van der Waals surface area (Å²) in [6.45, 7) is 0.192. The van der Waals surface area contributed by atoms with Crippen molar-refractivity contribution in [2.75, 3.05) is 6.54 Å². The topological polar surface area (TPSA) is 72.2 Å². The molecule has 0 bridgehead atoms. The minimum atomic E-state index is -4.41. The van der Waals surface area contributed by atoms with Crippen molar-refractivity contribution in [1.82, 2.24) is 5.32 Å². The molecule has 2 rings (SSSR count). The van der Waals surface area contributed by atoms with E-state index in [1.54, 1.807) is 0 Å². The summed E-state index contributed by atoms with van der Waals surface area (Å²) in [7, 11) is 0. The minimum absolute atomic E-state index is 0.192. The number of primary amides is 1. The lowest BCUT2D eigenvalue weighted by atomic mass is 9.87. The van der Waals surface area contributed by atoms with Crippen LogP contribution in [0.5, 0.6) is 0 Å². The standard InChI is InChI=1S/C12H11F3N2O2/c13-12(14,15)7-3-1-6(2-4-7)8-5-17-11(19)9(8)10(16)18/h1-4,8-9H,5H2,(H2,16,18)(H,17,19). The molecule has 1 aromatic rings. The lowest BCUT2D eigenvalue weighted by Gasteiger charge is -2.15. The Morgan fingerprint density at radius 1 is 1.26 bits per heavy atom. The first kappa shape index (κ1) is 13.4. The number of rotatable bonds is 2. The van der Waals surface area contributed by atoms with E-state index in [0.29, 0.717) is 5.56 Å². The zero-order valence-electron chi connectivity index (χ0n) is 9.70. The van der Waals surface area contributed by atoms with Gasteiger partial charge < -0.3 is 11.1 Å². The summed E-state index contributed by atoms with van der Waals surface area (Å²) < 4.78 is 37.3. The average Bonchev–Trinajstić information content (AvgIpc) is 2.70. The van der Waals surface area contributed by atoms with Crippen molar-refractivity contribution in [2.24, 2.45) is 11.7 Å².